The summed E-state index contributed by atoms with van der Waals surface area (Å²) in [6.07, 6.45) is -12.2. The van der Waals surface area contributed by atoms with Gasteiger partial charge in [0.25, 0.3) is 0 Å². The van der Waals surface area contributed by atoms with Crippen molar-refractivity contribution < 1.29 is 54.7 Å². The van der Waals surface area contributed by atoms with E-state index in [1.54, 1.807) is 30.3 Å². The van der Waals surface area contributed by atoms with Gasteiger partial charge in [-0.15, -0.1) is 6.58 Å². The molecular formula is C21H30O11. The van der Waals surface area contributed by atoms with E-state index in [4.69, 9.17) is 18.9 Å². The lowest BCUT2D eigenvalue weighted by Crippen LogP contribution is -2.62. The van der Waals surface area contributed by atoms with Crippen molar-refractivity contribution in [2.75, 3.05) is 13.2 Å². The van der Waals surface area contributed by atoms with Gasteiger partial charge in [0.15, 0.2) is 6.29 Å². The van der Waals surface area contributed by atoms with Crippen LogP contribution in [-0.2, 0) is 20.6 Å². The number of allylic oxidation sites excluding steroid dienone is 1. The van der Waals surface area contributed by atoms with E-state index < -0.39 is 74.6 Å². The van der Waals surface area contributed by atoms with E-state index >= 15 is 0 Å². The summed E-state index contributed by atoms with van der Waals surface area (Å²) in [6.45, 7) is 2.62. The molecule has 0 aromatic heterocycles. The maximum Gasteiger partial charge on any atom is 0.229 e. The molecule has 11 heteroatoms. The molecule has 0 radical (unpaired) electrons. The van der Waals surface area contributed by atoms with Gasteiger partial charge in [-0.25, -0.2) is 0 Å². The number of aliphatic hydroxyl groups is 7. The molecule has 0 aliphatic carbocycles. The van der Waals surface area contributed by atoms with Gasteiger partial charge in [0.1, 0.15) is 54.6 Å². The van der Waals surface area contributed by atoms with Gasteiger partial charge in [-0.05, 0) is 24.1 Å². The lowest BCUT2D eigenvalue weighted by Gasteiger charge is -2.42. The first kappa shape index (κ1) is 25.0. The molecule has 0 spiro atoms. The van der Waals surface area contributed by atoms with Crippen LogP contribution >= 0.6 is 0 Å². The number of ether oxygens (including phenoxy) is 4. The Kier molecular flexibility index (Phi) is 8.58. The van der Waals surface area contributed by atoms with Crippen molar-refractivity contribution in [3.8, 4) is 5.75 Å². The van der Waals surface area contributed by atoms with Crippen molar-refractivity contribution in [1.29, 1.82) is 0 Å². The topological polar surface area (TPSA) is 179 Å². The highest BCUT2D eigenvalue weighted by atomic mass is 16.7. The first-order valence-corrected chi connectivity index (χ1v) is 10.2. The zero-order valence-corrected chi connectivity index (χ0v) is 17.3. The molecule has 3 rings (SSSR count). The van der Waals surface area contributed by atoms with Crippen molar-refractivity contribution in [3.05, 3.63) is 42.5 Å². The molecule has 11 nitrogen and oxygen atoms in total. The molecule has 2 saturated heterocycles. The molecule has 2 aliphatic heterocycles. The van der Waals surface area contributed by atoms with E-state index in [0.29, 0.717) is 12.2 Å². The van der Waals surface area contributed by atoms with Crippen LogP contribution in [0.2, 0.25) is 0 Å². The summed E-state index contributed by atoms with van der Waals surface area (Å²) >= 11 is 0. The number of benzene rings is 1. The molecule has 0 saturated carbocycles. The summed E-state index contributed by atoms with van der Waals surface area (Å²) in [7, 11) is 0. The molecule has 2 aliphatic rings. The Labute approximate surface area is 184 Å². The normalized spacial score (nSPS) is 40.1. The molecule has 0 amide bonds. The minimum Gasteiger partial charge on any atom is -0.462 e. The van der Waals surface area contributed by atoms with Crippen LogP contribution in [0.3, 0.4) is 0 Å². The van der Waals surface area contributed by atoms with Gasteiger partial charge in [-0.2, -0.15) is 0 Å². The van der Waals surface area contributed by atoms with Crippen LogP contribution in [0.5, 0.6) is 5.75 Å². The standard InChI is InChI=1S/C21H30O11/c1-2-3-10-4-6-11(7-5-10)30-21-19(28)17(26)15(24)13(32-21)9-29-20-18(27)16(25)14(23)12(8-22)31-20/h2,4-7,12-28H,1,3,8-9H2/t12-,13-,14+,15+,16+,17+,18+,19-,20+,21+/m0/s1. The Morgan fingerprint density at radius 3 is 1.94 bits per heavy atom. The van der Waals surface area contributed by atoms with Crippen molar-refractivity contribution >= 4 is 0 Å². The van der Waals surface area contributed by atoms with Gasteiger partial charge in [0.05, 0.1) is 13.2 Å². The second kappa shape index (κ2) is 11.0. The van der Waals surface area contributed by atoms with Crippen LogP contribution in [0, 0.1) is 0 Å². The first-order valence-electron chi connectivity index (χ1n) is 10.2. The summed E-state index contributed by atoms with van der Waals surface area (Å²) < 4.78 is 21.8. The molecule has 10 atom stereocenters. The fourth-order valence-corrected chi connectivity index (χ4v) is 3.55. The number of hydrogen-bond acceptors (Lipinski definition) is 11. The molecular weight excluding hydrogens is 428 g/mol. The van der Waals surface area contributed by atoms with Crippen molar-refractivity contribution in [2.24, 2.45) is 0 Å². The van der Waals surface area contributed by atoms with Crippen LogP contribution < -0.4 is 4.74 Å². The van der Waals surface area contributed by atoms with Crippen LogP contribution in [0.4, 0.5) is 0 Å². The van der Waals surface area contributed by atoms with Crippen LogP contribution in [-0.4, -0.2) is 110 Å². The zero-order valence-electron chi connectivity index (χ0n) is 17.3. The van der Waals surface area contributed by atoms with Gasteiger partial charge < -0.3 is 54.7 Å². The van der Waals surface area contributed by atoms with Gasteiger partial charge >= 0.3 is 0 Å². The lowest BCUT2D eigenvalue weighted by molar-refractivity contribution is -0.323. The number of rotatable bonds is 8. The predicted molar refractivity (Wildman–Crippen MR) is 107 cm³/mol. The van der Waals surface area contributed by atoms with Gasteiger partial charge in [-0.1, -0.05) is 18.2 Å². The maximum atomic E-state index is 10.3. The van der Waals surface area contributed by atoms with E-state index in [1.807, 2.05) is 0 Å². The van der Waals surface area contributed by atoms with Crippen molar-refractivity contribution in [3.63, 3.8) is 0 Å². The zero-order chi connectivity index (χ0) is 23.4. The van der Waals surface area contributed by atoms with E-state index in [9.17, 15) is 35.7 Å². The molecule has 0 unspecified atom stereocenters. The molecule has 7 N–H and O–H groups in total. The third kappa shape index (κ3) is 5.46. The fourth-order valence-electron chi connectivity index (χ4n) is 3.55. The second-order valence-electron chi connectivity index (χ2n) is 7.80. The van der Waals surface area contributed by atoms with Gasteiger partial charge in [0.2, 0.25) is 6.29 Å². The maximum absolute atomic E-state index is 10.3. The summed E-state index contributed by atoms with van der Waals surface area (Å²) in [5.41, 5.74) is 0.999. The summed E-state index contributed by atoms with van der Waals surface area (Å²) in [4.78, 5) is 0. The SMILES string of the molecule is C=CCc1ccc(O[C@@H]2O[C@@H](CO[C@@H]3O[C@@H](CO)[C@@H](O)[C@@H](O)[C@H]3O)[C@@H](O)[C@@H](O)[C@@H]2O)cc1. The third-order valence-corrected chi connectivity index (χ3v) is 5.50. The predicted octanol–water partition coefficient (Wildman–Crippen LogP) is -2.58. The summed E-state index contributed by atoms with van der Waals surface area (Å²) in [5.74, 6) is 0.360. The summed E-state index contributed by atoms with van der Waals surface area (Å²) in [5, 5.41) is 69.7. The Bertz CT molecular complexity index is 727. The Morgan fingerprint density at radius 1 is 0.781 bits per heavy atom. The van der Waals surface area contributed by atoms with Gasteiger partial charge in [0, 0.05) is 0 Å². The quantitative estimate of drug-likeness (QED) is 0.203. The minimum atomic E-state index is -1.63. The Hall–Kier alpha value is -1.64. The van der Waals surface area contributed by atoms with Crippen LogP contribution in [0.25, 0.3) is 0 Å². The van der Waals surface area contributed by atoms with E-state index in [-0.39, 0.29) is 0 Å². The Balaban J connectivity index is 1.62. The van der Waals surface area contributed by atoms with E-state index in [1.165, 1.54) is 0 Å². The highest BCUT2D eigenvalue weighted by Gasteiger charge is 2.47. The molecule has 1 aromatic rings. The number of aliphatic hydroxyl groups excluding tert-OH is 7. The van der Waals surface area contributed by atoms with Crippen molar-refractivity contribution in [2.45, 2.75) is 67.8 Å². The van der Waals surface area contributed by atoms with E-state index in [0.717, 1.165) is 5.56 Å². The summed E-state index contributed by atoms with van der Waals surface area (Å²) in [6, 6.07) is 6.92. The third-order valence-electron chi connectivity index (χ3n) is 5.50. The Morgan fingerprint density at radius 2 is 1.34 bits per heavy atom. The minimum absolute atomic E-state index is 0.360. The van der Waals surface area contributed by atoms with Crippen molar-refractivity contribution in [1.82, 2.24) is 0 Å². The molecule has 180 valence electrons. The molecule has 32 heavy (non-hydrogen) atoms. The largest absolute Gasteiger partial charge is 0.462 e. The lowest BCUT2D eigenvalue weighted by atomic mass is 9.98. The van der Waals surface area contributed by atoms with Gasteiger partial charge in [-0.3, -0.25) is 0 Å². The highest BCUT2D eigenvalue weighted by Crippen LogP contribution is 2.27. The smallest absolute Gasteiger partial charge is 0.229 e. The molecule has 2 fully saturated rings. The second-order valence-corrected chi connectivity index (χ2v) is 7.80. The molecule has 0 bridgehead atoms. The highest BCUT2D eigenvalue weighted by molar-refractivity contribution is 5.28. The first-order chi connectivity index (χ1) is 15.3. The number of hydrogen-bond donors (Lipinski definition) is 7. The van der Waals surface area contributed by atoms with Crippen LogP contribution in [0.15, 0.2) is 36.9 Å². The molecule has 2 heterocycles. The average molecular weight is 458 g/mol. The fraction of sp³-hybridized carbons (Fsp3) is 0.619. The molecule has 1 aromatic carbocycles. The van der Waals surface area contributed by atoms with Crippen LogP contribution in [0.1, 0.15) is 5.56 Å². The monoisotopic (exact) mass is 458 g/mol. The average Bonchev–Trinajstić information content (AvgIpc) is 2.79. The van der Waals surface area contributed by atoms with E-state index in [2.05, 4.69) is 6.58 Å².